The van der Waals surface area contributed by atoms with E-state index in [1.165, 1.54) is 18.9 Å². The first kappa shape index (κ1) is 12.2. The van der Waals surface area contributed by atoms with Crippen LogP contribution in [-0.2, 0) is 0 Å². The summed E-state index contributed by atoms with van der Waals surface area (Å²) in [6, 6.07) is 11.1. The van der Waals surface area contributed by atoms with Gasteiger partial charge in [0.25, 0.3) is 0 Å². The van der Waals surface area contributed by atoms with Crippen molar-refractivity contribution in [3.05, 3.63) is 42.6 Å². The molecule has 106 valence electrons. The molecule has 1 saturated carbocycles. The second kappa shape index (κ2) is 4.77. The summed E-state index contributed by atoms with van der Waals surface area (Å²) >= 11 is 0. The first-order valence-electron chi connectivity index (χ1n) is 7.06. The van der Waals surface area contributed by atoms with Crippen LogP contribution in [-0.4, -0.2) is 26.3 Å². The van der Waals surface area contributed by atoms with Gasteiger partial charge in [-0.05, 0) is 37.0 Å². The molecule has 0 saturated heterocycles. The fourth-order valence-corrected chi connectivity index (χ4v) is 2.30. The smallest absolute Gasteiger partial charge is 0.229 e. The van der Waals surface area contributed by atoms with Gasteiger partial charge in [0.05, 0.1) is 18.5 Å². The molecule has 0 bridgehead atoms. The number of aromatic hydroxyl groups is 1. The number of hydrogen-bond acceptors (Lipinski definition) is 4. The Morgan fingerprint density at radius 2 is 2.14 bits per heavy atom. The first-order valence-corrected chi connectivity index (χ1v) is 7.06. The average molecular weight is 281 g/mol. The lowest BCUT2D eigenvalue weighted by Crippen LogP contribution is -1.99. The summed E-state index contributed by atoms with van der Waals surface area (Å²) in [5.41, 5.74) is 2.50. The molecule has 0 aliphatic heterocycles. The van der Waals surface area contributed by atoms with Crippen molar-refractivity contribution < 1.29 is 9.84 Å². The molecule has 1 aliphatic carbocycles. The standard InChI is InChI=1S/C16H15N3O2/c20-16-7-6-15-17-9-14(19(15)18-16)12-2-1-3-13(8-12)21-10-11-4-5-11/h1-3,6-9,11H,4-5,10H2,(H,18,20). The van der Waals surface area contributed by atoms with Crippen LogP contribution in [0, 0.1) is 5.92 Å². The van der Waals surface area contributed by atoms with E-state index in [0.717, 1.165) is 29.5 Å². The zero-order valence-corrected chi connectivity index (χ0v) is 11.4. The third kappa shape index (κ3) is 2.42. The third-order valence-electron chi connectivity index (χ3n) is 3.66. The highest BCUT2D eigenvalue weighted by atomic mass is 16.5. The van der Waals surface area contributed by atoms with Gasteiger partial charge in [0.1, 0.15) is 5.75 Å². The summed E-state index contributed by atoms with van der Waals surface area (Å²) in [6.07, 6.45) is 4.30. The molecule has 1 N–H and O–H groups in total. The van der Waals surface area contributed by atoms with Crippen molar-refractivity contribution in [2.24, 2.45) is 5.92 Å². The second-order valence-corrected chi connectivity index (χ2v) is 5.39. The van der Waals surface area contributed by atoms with Crippen molar-refractivity contribution in [3.8, 4) is 22.9 Å². The molecule has 0 spiro atoms. The third-order valence-corrected chi connectivity index (χ3v) is 3.66. The Labute approximate surface area is 121 Å². The molecule has 0 atom stereocenters. The number of ether oxygens (including phenoxy) is 1. The molecular weight excluding hydrogens is 266 g/mol. The quantitative estimate of drug-likeness (QED) is 0.799. The Morgan fingerprint density at radius 3 is 3.00 bits per heavy atom. The number of imidazole rings is 1. The van der Waals surface area contributed by atoms with Crippen LogP contribution in [0.3, 0.4) is 0 Å². The topological polar surface area (TPSA) is 59.7 Å². The van der Waals surface area contributed by atoms with Crippen molar-refractivity contribution in [1.29, 1.82) is 0 Å². The van der Waals surface area contributed by atoms with E-state index in [2.05, 4.69) is 10.1 Å². The van der Waals surface area contributed by atoms with Gasteiger partial charge in [0, 0.05) is 11.6 Å². The minimum Gasteiger partial charge on any atom is -0.493 e. The Morgan fingerprint density at radius 1 is 1.24 bits per heavy atom. The van der Waals surface area contributed by atoms with E-state index in [0.29, 0.717) is 5.65 Å². The van der Waals surface area contributed by atoms with Crippen LogP contribution in [0.1, 0.15) is 12.8 Å². The van der Waals surface area contributed by atoms with Gasteiger partial charge in [-0.25, -0.2) is 9.50 Å². The largest absolute Gasteiger partial charge is 0.493 e. The molecule has 5 nitrogen and oxygen atoms in total. The van der Waals surface area contributed by atoms with Gasteiger partial charge >= 0.3 is 0 Å². The molecule has 1 aliphatic rings. The number of aromatic nitrogens is 3. The van der Waals surface area contributed by atoms with Gasteiger partial charge in [0.2, 0.25) is 5.88 Å². The van der Waals surface area contributed by atoms with E-state index >= 15 is 0 Å². The second-order valence-electron chi connectivity index (χ2n) is 5.39. The van der Waals surface area contributed by atoms with E-state index in [1.54, 1.807) is 16.8 Å². The Balaban J connectivity index is 1.70. The van der Waals surface area contributed by atoms with Crippen LogP contribution in [0.15, 0.2) is 42.6 Å². The molecule has 1 fully saturated rings. The number of nitrogens with zero attached hydrogens (tertiary/aromatic N) is 3. The lowest BCUT2D eigenvalue weighted by Gasteiger charge is -2.07. The van der Waals surface area contributed by atoms with Gasteiger partial charge < -0.3 is 9.84 Å². The van der Waals surface area contributed by atoms with Crippen molar-refractivity contribution in [2.45, 2.75) is 12.8 Å². The van der Waals surface area contributed by atoms with Crippen molar-refractivity contribution in [1.82, 2.24) is 14.6 Å². The monoisotopic (exact) mass is 281 g/mol. The molecule has 4 rings (SSSR count). The minimum atomic E-state index is -0.0251. The van der Waals surface area contributed by atoms with E-state index in [9.17, 15) is 5.11 Å². The summed E-state index contributed by atoms with van der Waals surface area (Å²) in [5, 5.41) is 13.6. The molecule has 2 heterocycles. The van der Waals surface area contributed by atoms with Gasteiger partial charge in [-0.15, -0.1) is 5.10 Å². The van der Waals surface area contributed by atoms with Crippen LogP contribution in [0.4, 0.5) is 0 Å². The van der Waals surface area contributed by atoms with E-state index in [4.69, 9.17) is 4.74 Å². The number of rotatable bonds is 4. The van der Waals surface area contributed by atoms with Crippen LogP contribution in [0.25, 0.3) is 16.9 Å². The molecule has 3 aromatic rings. The Kier molecular flexibility index (Phi) is 2.77. The Hall–Kier alpha value is -2.56. The lowest BCUT2D eigenvalue weighted by atomic mass is 10.1. The van der Waals surface area contributed by atoms with E-state index < -0.39 is 0 Å². The van der Waals surface area contributed by atoms with E-state index in [1.807, 2.05) is 24.3 Å². The summed E-state index contributed by atoms with van der Waals surface area (Å²) in [5.74, 6) is 1.56. The average Bonchev–Trinajstić information content (AvgIpc) is 3.24. The van der Waals surface area contributed by atoms with Gasteiger partial charge in [-0.1, -0.05) is 12.1 Å². The molecular formula is C16H15N3O2. The normalized spacial score (nSPS) is 14.5. The first-order chi connectivity index (χ1) is 10.3. The van der Waals surface area contributed by atoms with Crippen LogP contribution < -0.4 is 4.74 Å². The number of benzene rings is 1. The minimum absolute atomic E-state index is 0.0251. The molecule has 21 heavy (non-hydrogen) atoms. The molecule has 0 amide bonds. The predicted molar refractivity (Wildman–Crippen MR) is 78.3 cm³/mol. The zero-order chi connectivity index (χ0) is 14.2. The predicted octanol–water partition coefficient (Wildman–Crippen LogP) is 2.89. The molecule has 0 radical (unpaired) electrons. The summed E-state index contributed by atoms with van der Waals surface area (Å²) < 4.78 is 7.44. The fraction of sp³-hybridized carbons (Fsp3) is 0.250. The van der Waals surface area contributed by atoms with Crippen molar-refractivity contribution >= 4 is 5.65 Å². The SMILES string of the molecule is Oc1ccc2ncc(-c3cccc(OCC4CC4)c3)n2n1. The van der Waals surface area contributed by atoms with Gasteiger partial charge in [-0.3, -0.25) is 0 Å². The maximum Gasteiger partial charge on any atom is 0.229 e. The molecule has 1 aromatic carbocycles. The molecule has 5 heteroatoms. The highest BCUT2D eigenvalue weighted by molar-refractivity contribution is 5.64. The van der Waals surface area contributed by atoms with Gasteiger partial charge in [0.15, 0.2) is 5.65 Å². The maximum atomic E-state index is 9.54. The van der Waals surface area contributed by atoms with Crippen LogP contribution in [0.5, 0.6) is 11.6 Å². The van der Waals surface area contributed by atoms with Crippen LogP contribution >= 0.6 is 0 Å². The highest BCUT2D eigenvalue weighted by Gasteiger charge is 2.22. The van der Waals surface area contributed by atoms with E-state index in [-0.39, 0.29) is 5.88 Å². The van der Waals surface area contributed by atoms with Crippen molar-refractivity contribution in [2.75, 3.05) is 6.61 Å². The van der Waals surface area contributed by atoms with Crippen molar-refractivity contribution in [3.63, 3.8) is 0 Å². The fourth-order valence-electron chi connectivity index (χ4n) is 2.30. The molecule has 2 aromatic heterocycles. The number of hydrogen-bond donors (Lipinski definition) is 1. The van der Waals surface area contributed by atoms with Gasteiger partial charge in [-0.2, -0.15) is 0 Å². The lowest BCUT2D eigenvalue weighted by molar-refractivity contribution is 0.300. The highest BCUT2D eigenvalue weighted by Crippen LogP contribution is 2.30. The summed E-state index contributed by atoms with van der Waals surface area (Å²) in [4.78, 5) is 4.30. The zero-order valence-electron chi connectivity index (χ0n) is 11.4. The number of fused-ring (bicyclic) bond motifs is 1. The summed E-state index contributed by atoms with van der Waals surface area (Å²) in [6.45, 7) is 0.787. The molecule has 0 unspecified atom stereocenters. The Bertz CT molecular complexity index is 793. The summed E-state index contributed by atoms with van der Waals surface area (Å²) in [7, 11) is 0. The maximum absolute atomic E-state index is 9.54. The van der Waals surface area contributed by atoms with Crippen LogP contribution in [0.2, 0.25) is 0 Å².